The van der Waals surface area contributed by atoms with E-state index in [0.717, 1.165) is 31.2 Å². The van der Waals surface area contributed by atoms with Gasteiger partial charge in [0, 0.05) is 6.54 Å². The van der Waals surface area contributed by atoms with Crippen molar-refractivity contribution in [1.29, 1.82) is 0 Å². The maximum absolute atomic E-state index is 13.8. The van der Waals surface area contributed by atoms with E-state index in [1.54, 1.807) is 12.1 Å². The maximum atomic E-state index is 13.8. The second kappa shape index (κ2) is 4.30. The topological polar surface area (TPSA) is 12.0 Å². The van der Waals surface area contributed by atoms with Gasteiger partial charge in [0.1, 0.15) is 0 Å². The zero-order chi connectivity index (χ0) is 12.8. The first-order chi connectivity index (χ1) is 8.63. The van der Waals surface area contributed by atoms with Gasteiger partial charge in [-0.15, -0.1) is 0 Å². The fourth-order valence-corrected chi connectivity index (χ4v) is 3.82. The van der Waals surface area contributed by atoms with E-state index in [9.17, 15) is 8.78 Å². The highest BCUT2D eigenvalue weighted by Gasteiger charge is 2.53. The Balaban J connectivity index is 1.82. The van der Waals surface area contributed by atoms with Crippen LogP contribution in [0.2, 0.25) is 0 Å². The molecular formula is C15H19F2N. The molecule has 2 atom stereocenters. The molecule has 3 rings (SSSR count). The normalized spacial score (nSPS) is 33.5. The lowest BCUT2D eigenvalue weighted by Crippen LogP contribution is -2.33. The fraction of sp³-hybridized carbons (Fsp3) is 0.600. The minimum atomic E-state index is -0.727. The van der Waals surface area contributed by atoms with Crippen LogP contribution >= 0.6 is 0 Å². The fourth-order valence-electron chi connectivity index (χ4n) is 3.82. The zero-order valence-corrected chi connectivity index (χ0v) is 10.7. The minimum Gasteiger partial charge on any atom is -0.319 e. The van der Waals surface area contributed by atoms with Gasteiger partial charge in [0.05, 0.1) is 0 Å². The van der Waals surface area contributed by atoms with Crippen LogP contribution in [-0.4, -0.2) is 13.6 Å². The molecule has 0 saturated heterocycles. The summed E-state index contributed by atoms with van der Waals surface area (Å²) in [4.78, 5) is 0. The molecular weight excluding hydrogens is 232 g/mol. The third-order valence-electron chi connectivity index (χ3n) is 4.61. The lowest BCUT2D eigenvalue weighted by molar-refractivity contribution is 0.251. The molecule has 0 aromatic heterocycles. The summed E-state index contributed by atoms with van der Waals surface area (Å²) in [5.74, 6) is 0.300. The van der Waals surface area contributed by atoms with E-state index in [1.165, 1.54) is 12.5 Å². The predicted octanol–water partition coefficient (Wildman–Crippen LogP) is 3.14. The molecule has 0 aliphatic heterocycles. The van der Waals surface area contributed by atoms with Crippen LogP contribution in [0.3, 0.4) is 0 Å². The number of fused-ring (bicyclic) bond motifs is 1. The molecule has 18 heavy (non-hydrogen) atoms. The van der Waals surface area contributed by atoms with Crippen molar-refractivity contribution >= 4 is 0 Å². The van der Waals surface area contributed by atoms with Gasteiger partial charge in [0.15, 0.2) is 11.6 Å². The van der Waals surface area contributed by atoms with Crippen LogP contribution in [0.1, 0.15) is 24.8 Å². The van der Waals surface area contributed by atoms with Gasteiger partial charge in [-0.2, -0.15) is 0 Å². The van der Waals surface area contributed by atoms with E-state index >= 15 is 0 Å². The number of hydrogen-bond donors (Lipinski definition) is 1. The number of hydrogen-bond acceptors (Lipinski definition) is 1. The van der Waals surface area contributed by atoms with E-state index in [0.29, 0.717) is 12.0 Å². The standard InChI is InChI=1S/C15H19F2N/c1-18-9-15(7-11-5-12(11)8-15)6-10-3-2-4-13(16)14(10)17/h2-4,11-12,18H,5-9H2,1H3. The predicted molar refractivity (Wildman–Crippen MR) is 67.3 cm³/mol. The van der Waals surface area contributed by atoms with Crippen molar-refractivity contribution in [2.24, 2.45) is 17.3 Å². The van der Waals surface area contributed by atoms with Crippen LogP contribution in [0.4, 0.5) is 8.78 Å². The van der Waals surface area contributed by atoms with Gasteiger partial charge in [-0.05, 0) is 61.6 Å². The molecule has 1 aromatic carbocycles. The van der Waals surface area contributed by atoms with Crippen molar-refractivity contribution in [3.8, 4) is 0 Å². The van der Waals surface area contributed by atoms with Crippen molar-refractivity contribution in [1.82, 2.24) is 5.32 Å². The number of halogens is 2. The van der Waals surface area contributed by atoms with E-state index in [1.807, 2.05) is 7.05 Å². The van der Waals surface area contributed by atoms with E-state index in [4.69, 9.17) is 0 Å². The first-order valence-electron chi connectivity index (χ1n) is 6.71. The summed E-state index contributed by atoms with van der Waals surface area (Å²) >= 11 is 0. The SMILES string of the molecule is CNCC1(Cc2cccc(F)c2F)CC2CC2C1. The molecule has 0 radical (unpaired) electrons. The summed E-state index contributed by atoms with van der Waals surface area (Å²) in [5.41, 5.74) is 0.670. The third kappa shape index (κ3) is 2.05. The van der Waals surface area contributed by atoms with E-state index < -0.39 is 11.6 Å². The smallest absolute Gasteiger partial charge is 0.162 e. The van der Waals surface area contributed by atoms with Crippen LogP contribution in [0.15, 0.2) is 18.2 Å². The van der Waals surface area contributed by atoms with Gasteiger partial charge in [0.25, 0.3) is 0 Å². The highest BCUT2D eigenvalue weighted by molar-refractivity contribution is 5.22. The molecule has 0 bridgehead atoms. The molecule has 1 aromatic rings. The summed E-state index contributed by atoms with van der Waals surface area (Å²) < 4.78 is 27.0. The number of rotatable bonds is 4. The summed E-state index contributed by atoms with van der Waals surface area (Å²) in [5, 5.41) is 3.23. The molecule has 1 nitrogen and oxygen atoms in total. The van der Waals surface area contributed by atoms with Gasteiger partial charge < -0.3 is 5.32 Å². The van der Waals surface area contributed by atoms with Crippen LogP contribution in [0.25, 0.3) is 0 Å². The Bertz CT molecular complexity index is 448. The molecule has 2 aliphatic carbocycles. The van der Waals surface area contributed by atoms with Crippen molar-refractivity contribution in [3.05, 3.63) is 35.4 Å². The van der Waals surface area contributed by atoms with Gasteiger partial charge in [-0.3, -0.25) is 0 Å². The molecule has 2 fully saturated rings. The average molecular weight is 251 g/mol. The quantitative estimate of drug-likeness (QED) is 0.867. The molecule has 1 N–H and O–H groups in total. The Labute approximate surface area is 107 Å². The van der Waals surface area contributed by atoms with Crippen LogP contribution < -0.4 is 5.32 Å². The zero-order valence-electron chi connectivity index (χ0n) is 10.7. The highest BCUT2D eigenvalue weighted by atomic mass is 19.2. The van der Waals surface area contributed by atoms with Crippen LogP contribution in [0, 0.1) is 28.9 Å². The third-order valence-corrected chi connectivity index (χ3v) is 4.61. The molecule has 3 heteroatoms. The van der Waals surface area contributed by atoms with E-state index in [2.05, 4.69) is 5.32 Å². The second-order valence-corrected chi connectivity index (χ2v) is 6.08. The lowest BCUT2D eigenvalue weighted by atomic mass is 9.77. The average Bonchev–Trinajstić information content (AvgIpc) is 2.94. The lowest BCUT2D eigenvalue weighted by Gasteiger charge is -2.31. The summed E-state index contributed by atoms with van der Waals surface area (Å²) in [6.45, 7) is 0.899. The van der Waals surface area contributed by atoms with Gasteiger partial charge in [-0.25, -0.2) is 8.78 Å². The Morgan fingerprint density at radius 2 is 2.00 bits per heavy atom. The summed E-state index contributed by atoms with van der Waals surface area (Å²) in [7, 11) is 1.94. The molecule has 0 spiro atoms. The molecule has 2 aliphatic rings. The monoisotopic (exact) mass is 251 g/mol. The van der Waals surface area contributed by atoms with Crippen molar-refractivity contribution in [3.63, 3.8) is 0 Å². The minimum absolute atomic E-state index is 0.136. The van der Waals surface area contributed by atoms with Gasteiger partial charge >= 0.3 is 0 Å². The molecule has 0 heterocycles. The molecule has 2 unspecified atom stereocenters. The van der Waals surface area contributed by atoms with Gasteiger partial charge in [0.2, 0.25) is 0 Å². The number of nitrogens with one attached hydrogen (secondary N) is 1. The van der Waals surface area contributed by atoms with Gasteiger partial charge in [-0.1, -0.05) is 12.1 Å². The highest BCUT2D eigenvalue weighted by Crippen LogP contribution is 2.60. The van der Waals surface area contributed by atoms with Crippen LogP contribution in [0.5, 0.6) is 0 Å². The molecule has 0 amide bonds. The van der Waals surface area contributed by atoms with Crippen molar-refractivity contribution < 1.29 is 8.78 Å². The Morgan fingerprint density at radius 1 is 1.28 bits per heavy atom. The second-order valence-electron chi connectivity index (χ2n) is 6.08. The number of benzene rings is 1. The van der Waals surface area contributed by atoms with Crippen molar-refractivity contribution in [2.45, 2.75) is 25.7 Å². The summed E-state index contributed by atoms with van der Waals surface area (Å²) in [6, 6.07) is 4.52. The summed E-state index contributed by atoms with van der Waals surface area (Å²) in [6.07, 6.45) is 4.32. The van der Waals surface area contributed by atoms with E-state index in [-0.39, 0.29) is 5.41 Å². The maximum Gasteiger partial charge on any atom is 0.162 e. The van der Waals surface area contributed by atoms with Crippen LogP contribution in [-0.2, 0) is 6.42 Å². The van der Waals surface area contributed by atoms with Crippen molar-refractivity contribution in [2.75, 3.05) is 13.6 Å². The largest absolute Gasteiger partial charge is 0.319 e. The Hall–Kier alpha value is -0.960. The molecule has 98 valence electrons. The first kappa shape index (κ1) is 12.1. The Morgan fingerprint density at radius 3 is 2.67 bits per heavy atom. The Kier molecular flexibility index (Phi) is 2.89. The first-order valence-corrected chi connectivity index (χ1v) is 6.71. The molecule has 2 saturated carbocycles.